The summed E-state index contributed by atoms with van der Waals surface area (Å²) in [4.78, 5) is 0. The van der Waals surface area contributed by atoms with Crippen LogP contribution in [0.2, 0.25) is 0 Å². The summed E-state index contributed by atoms with van der Waals surface area (Å²) < 4.78 is 7.33. The van der Waals surface area contributed by atoms with Crippen molar-refractivity contribution in [2.24, 2.45) is 7.05 Å². The summed E-state index contributed by atoms with van der Waals surface area (Å²) in [7, 11) is 1.89. The van der Waals surface area contributed by atoms with Crippen LogP contribution in [0.5, 0.6) is 0 Å². The van der Waals surface area contributed by atoms with Gasteiger partial charge >= 0.3 is 0 Å². The molecule has 0 bridgehead atoms. The van der Waals surface area contributed by atoms with Gasteiger partial charge in [-0.3, -0.25) is 0 Å². The zero-order valence-corrected chi connectivity index (χ0v) is 11.4. The Hall–Kier alpha value is -1.31. The summed E-state index contributed by atoms with van der Waals surface area (Å²) in [5.41, 5.74) is 1.86. The molecule has 1 N–H and O–H groups in total. The molecule has 18 heavy (non-hydrogen) atoms. The minimum atomic E-state index is 0.703. The second-order valence-corrected chi connectivity index (χ2v) is 4.45. The van der Waals surface area contributed by atoms with Crippen LogP contribution in [0.3, 0.4) is 0 Å². The molecule has 1 heterocycles. The zero-order valence-electron chi connectivity index (χ0n) is 11.4. The van der Waals surface area contributed by atoms with E-state index in [4.69, 9.17) is 10.00 Å². The molecule has 0 radical (unpaired) electrons. The van der Waals surface area contributed by atoms with E-state index >= 15 is 0 Å². The Labute approximate surface area is 110 Å². The normalized spacial score (nSPS) is 10.5. The Morgan fingerprint density at radius 3 is 2.83 bits per heavy atom. The van der Waals surface area contributed by atoms with Crippen molar-refractivity contribution >= 4 is 0 Å². The first-order valence-corrected chi connectivity index (χ1v) is 6.61. The minimum Gasteiger partial charge on any atom is -0.381 e. The van der Waals surface area contributed by atoms with Crippen molar-refractivity contribution < 1.29 is 4.74 Å². The number of aromatic nitrogens is 1. The number of hydrogen-bond acceptors (Lipinski definition) is 3. The van der Waals surface area contributed by atoms with Crippen molar-refractivity contribution in [3.63, 3.8) is 0 Å². The highest BCUT2D eigenvalue weighted by atomic mass is 16.5. The van der Waals surface area contributed by atoms with Gasteiger partial charge in [0.05, 0.1) is 0 Å². The van der Waals surface area contributed by atoms with Crippen LogP contribution in [0.25, 0.3) is 0 Å². The molecule has 1 aromatic rings. The smallest absolute Gasteiger partial charge is 0.120 e. The Morgan fingerprint density at radius 1 is 1.39 bits per heavy atom. The van der Waals surface area contributed by atoms with Gasteiger partial charge in [0, 0.05) is 33.0 Å². The predicted octanol–water partition coefficient (Wildman–Crippen LogP) is 2.19. The van der Waals surface area contributed by atoms with Crippen LogP contribution in [0.1, 0.15) is 37.4 Å². The SMILES string of the molecule is CCCCOCCCNCc1cc(C#N)n(C)c1. The van der Waals surface area contributed by atoms with Gasteiger partial charge in [0.2, 0.25) is 0 Å². The van der Waals surface area contributed by atoms with Gasteiger partial charge < -0.3 is 14.6 Å². The molecule has 0 aliphatic carbocycles. The molecule has 0 fully saturated rings. The largest absolute Gasteiger partial charge is 0.381 e. The number of aryl methyl sites for hydroxylation is 1. The third-order valence-electron chi connectivity index (χ3n) is 2.79. The topological polar surface area (TPSA) is 50.0 Å². The standard InChI is InChI=1S/C14H23N3O/c1-3-4-7-18-8-5-6-16-11-13-9-14(10-15)17(2)12-13/h9,12,16H,3-8,11H2,1-2H3. The number of rotatable bonds is 9. The fraction of sp³-hybridized carbons (Fsp3) is 0.643. The van der Waals surface area contributed by atoms with Crippen LogP contribution < -0.4 is 5.32 Å². The lowest BCUT2D eigenvalue weighted by Crippen LogP contribution is -2.16. The Morgan fingerprint density at radius 2 is 2.17 bits per heavy atom. The average molecular weight is 249 g/mol. The summed E-state index contributed by atoms with van der Waals surface area (Å²) >= 11 is 0. The van der Waals surface area contributed by atoms with E-state index < -0.39 is 0 Å². The number of ether oxygens (including phenoxy) is 1. The zero-order chi connectivity index (χ0) is 13.2. The summed E-state index contributed by atoms with van der Waals surface area (Å²) in [5, 5.41) is 12.2. The highest BCUT2D eigenvalue weighted by molar-refractivity contribution is 5.28. The summed E-state index contributed by atoms with van der Waals surface area (Å²) in [5.74, 6) is 0. The lowest BCUT2D eigenvalue weighted by atomic mass is 10.3. The third-order valence-corrected chi connectivity index (χ3v) is 2.79. The molecule has 0 aromatic carbocycles. The van der Waals surface area contributed by atoms with E-state index in [9.17, 15) is 0 Å². The predicted molar refractivity (Wildman–Crippen MR) is 72.2 cm³/mol. The Kier molecular flexibility index (Phi) is 7.16. The molecule has 4 heteroatoms. The van der Waals surface area contributed by atoms with Gasteiger partial charge in [0.15, 0.2) is 0 Å². The highest BCUT2D eigenvalue weighted by Crippen LogP contribution is 2.05. The fourth-order valence-corrected chi connectivity index (χ4v) is 1.72. The fourth-order valence-electron chi connectivity index (χ4n) is 1.72. The first kappa shape index (κ1) is 14.7. The minimum absolute atomic E-state index is 0.703. The molecule has 0 saturated carbocycles. The molecule has 1 aromatic heterocycles. The monoisotopic (exact) mass is 249 g/mol. The maximum absolute atomic E-state index is 8.84. The number of nitrogens with one attached hydrogen (secondary N) is 1. The molecule has 0 spiro atoms. The van der Waals surface area contributed by atoms with Crippen molar-refractivity contribution in [1.82, 2.24) is 9.88 Å². The van der Waals surface area contributed by atoms with E-state index in [1.54, 1.807) is 0 Å². The van der Waals surface area contributed by atoms with Crippen molar-refractivity contribution in [2.75, 3.05) is 19.8 Å². The first-order valence-electron chi connectivity index (χ1n) is 6.61. The van der Waals surface area contributed by atoms with Gasteiger partial charge in [-0.2, -0.15) is 5.26 Å². The van der Waals surface area contributed by atoms with Crippen molar-refractivity contribution in [3.8, 4) is 6.07 Å². The van der Waals surface area contributed by atoms with Gasteiger partial charge in [-0.25, -0.2) is 0 Å². The number of hydrogen-bond donors (Lipinski definition) is 1. The van der Waals surface area contributed by atoms with Crippen LogP contribution in [-0.4, -0.2) is 24.3 Å². The molecule has 1 rings (SSSR count). The van der Waals surface area contributed by atoms with E-state index in [2.05, 4.69) is 18.3 Å². The highest BCUT2D eigenvalue weighted by Gasteiger charge is 2.01. The Balaban J connectivity index is 2.05. The van der Waals surface area contributed by atoms with Crippen LogP contribution in [0.4, 0.5) is 0 Å². The van der Waals surface area contributed by atoms with E-state index in [1.165, 1.54) is 6.42 Å². The van der Waals surface area contributed by atoms with Crippen LogP contribution >= 0.6 is 0 Å². The number of nitriles is 1. The van der Waals surface area contributed by atoms with E-state index in [0.29, 0.717) is 5.69 Å². The summed E-state index contributed by atoms with van der Waals surface area (Å²) in [6.07, 6.45) is 5.35. The maximum atomic E-state index is 8.84. The summed E-state index contributed by atoms with van der Waals surface area (Å²) in [6, 6.07) is 4.08. The molecule has 0 atom stereocenters. The second kappa shape index (κ2) is 8.73. The first-order chi connectivity index (χ1) is 8.77. The lowest BCUT2D eigenvalue weighted by molar-refractivity contribution is 0.129. The van der Waals surface area contributed by atoms with Gasteiger partial charge in [0.25, 0.3) is 0 Å². The molecule has 0 saturated heterocycles. The van der Waals surface area contributed by atoms with Crippen molar-refractivity contribution in [3.05, 3.63) is 23.5 Å². The van der Waals surface area contributed by atoms with Crippen LogP contribution in [-0.2, 0) is 18.3 Å². The lowest BCUT2D eigenvalue weighted by Gasteiger charge is -2.04. The van der Waals surface area contributed by atoms with Crippen molar-refractivity contribution in [2.45, 2.75) is 32.7 Å². The van der Waals surface area contributed by atoms with Gasteiger partial charge in [0.1, 0.15) is 11.8 Å². The molecular weight excluding hydrogens is 226 g/mol. The second-order valence-electron chi connectivity index (χ2n) is 4.45. The van der Waals surface area contributed by atoms with Crippen LogP contribution in [0, 0.1) is 11.3 Å². The molecule has 0 aliphatic heterocycles. The van der Waals surface area contributed by atoms with Crippen molar-refractivity contribution in [1.29, 1.82) is 5.26 Å². The number of nitrogens with zero attached hydrogens (tertiary/aromatic N) is 2. The summed E-state index contributed by atoms with van der Waals surface area (Å²) in [6.45, 7) is 5.62. The molecule has 0 unspecified atom stereocenters. The molecule has 0 aliphatic rings. The molecule has 0 amide bonds. The maximum Gasteiger partial charge on any atom is 0.120 e. The molecule has 100 valence electrons. The molecule has 4 nitrogen and oxygen atoms in total. The van der Waals surface area contributed by atoms with Gasteiger partial charge in [-0.05, 0) is 31.0 Å². The van der Waals surface area contributed by atoms with Gasteiger partial charge in [-0.15, -0.1) is 0 Å². The molecular formula is C14H23N3O. The van der Waals surface area contributed by atoms with E-state index in [0.717, 1.165) is 44.7 Å². The third kappa shape index (κ3) is 5.35. The van der Waals surface area contributed by atoms with E-state index in [1.807, 2.05) is 23.9 Å². The van der Waals surface area contributed by atoms with E-state index in [-0.39, 0.29) is 0 Å². The van der Waals surface area contributed by atoms with Crippen LogP contribution in [0.15, 0.2) is 12.3 Å². The average Bonchev–Trinajstić information content (AvgIpc) is 2.73. The Bertz CT molecular complexity index is 379. The quantitative estimate of drug-likeness (QED) is 0.683. The van der Waals surface area contributed by atoms with Gasteiger partial charge in [-0.1, -0.05) is 13.3 Å². The number of unbranched alkanes of at least 4 members (excludes halogenated alkanes) is 1.